The Kier molecular flexibility index (Phi) is 9.76. The normalized spacial score (nSPS) is 13.7. The predicted molar refractivity (Wildman–Crippen MR) is 197 cm³/mol. The molecule has 0 fully saturated rings. The highest BCUT2D eigenvalue weighted by atomic mass is 32.2. The third kappa shape index (κ3) is 7.11. The second-order valence-corrected chi connectivity index (χ2v) is 13.8. The Hall–Kier alpha value is -4.46. The number of pyridine rings is 1. The van der Waals surface area contributed by atoms with Crippen molar-refractivity contribution in [3.8, 4) is 17.2 Å². The molecule has 0 N–H and O–H groups in total. The van der Waals surface area contributed by atoms with Crippen LogP contribution in [0.2, 0.25) is 0 Å². The van der Waals surface area contributed by atoms with Crippen molar-refractivity contribution in [2.24, 2.45) is 0 Å². The van der Waals surface area contributed by atoms with Gasteiger partial charge in [0.1, 0.15) is 29.2 Å². The van der Waals surface area contributed by atoms with Crippen molar-refractivity contribution in [3.05, 3.63) is 119 Å². The van der Waals surface area contributed by atoms with Crippen LogP contribution >= 0.6 is 11.8 Å². The zero-order valence-electron chi connectivity index (χ0n) is 28.4. The van der Waals surface area contributed by atoms with Crippen LogP contribution in [0.5, 0.6) is 11.5 Å². The molecule has 0 unspecified atom stereocenters. The number of thioether (sulfide) groups is 1. The third-order valence-corrected chi connectivity index (χ3v) is 10.1. The highest BCUT2D eigenvalue weighted by molar-refractivity contribution is 8.03. The minimum atomic E-state index is 0.845. The number of ether oxygens (including phenoxy) is 2. The van der Waals surface area contributed by atoms with E-state index in [0.29, 0.717) is 0 Å². The van der Waals surface area contributed by atoms with Crippen molar-refractivity contribution in [2.75, 3.05) is 64.8 Å². The Balaban J connectivity index is 1.39. The largest absolute Gasteiger partial charge is 0.497 e. The summed E-state index contributed by atoms with van der Waals surface area (Å²) >= 11 is 1.83. The molecule has 0 bridgehead atoms. The quantitative estimate of drug-likeness (QED) is 0.101. The minimum Gasteiger partial charge on any atom is -0.497 e. The van der Waals surface area contributed by atoms with Crippen LogP contribution < -0.4 is 23.8 Å². The molecule has 1 aliphatic rings. The van der Waals surface area contributed by atoms with E-state index in [1.807, 2.05) is 17.8 Å². The molecule has 47 heavy (non-hydrogen) atoms. The summed E-state index contributed by atoms with van der Waals surface area (Å²) in [7, 11) is 10.3. The summed E-state index contributed by atoms with van der Waals surface area (Å²) in [6, 6.07) is 36.6. The molecule has 6 rings (SSSR count). The molecular formula is C40H46N4O2S+2. The average molecular weight is 647 g/mol. The number of benzene rings is 4. The van der Waals surface area contributed by atoms with Crippen LogP contribution in [-0.2, 0) is 6.54 Å². The second-order valence-electron chi connectivity index (χ2n) is 12.7. The van der Waals surface area contributed by atoms with Crippen LogP contribution in [0.25, 0.3) is 22.7 Å². The van der Waals surface area contributed by atoms with Crippen molar-refractivity contribution in [2.45, 2.75) is 24.8 Å². The topological polar surface area (TPSA) is 28.8 Å². The van der Waals surface area contributed by atoms with E-state index in [9.17, 15) is 0 Å². The van der Waals surface area contributed by atoms with E-state index in [0.717, 1.165) is 59.8 Å². The second kappa shape index (κ2) is 14.1. The third-order valence-electron chi connectivity index (χ3n) is 8.98. The molecule has 242 valence electrons. The number of fused-ring (bicyclic) bond motifs is 2. The van der Waals surface area contributed by atoms with Gasteiger partial charge in [-0.25, -0.2) is 0 Å². The lowest BCUT2D eigenvalue weighted by Crippen LogP contribution is -2.44. The van der Waals surface area contributed by atoms with Crippen molar-refractivity contribution < 1.29 is 18.5 Å². The number of quaternary nitrogens is 1. The lowest BCUT2D eigenvalue weighted by atomic mass is 10.1. The molecule has 0 aliphatic carbocycles. The molecule has 4 aromatic carbocycles. The first-order valence-electron chi connectivity index (χ1n) is 16.3. The van der Waals surface area contributed by atoms with Gasteiger partial charge >= 0.3 is 0 Å². The summed E-state index contributed by atoms with van der Waals surface area (Å²) in [5.74, 6) is 2.93. The van der Waals surface area contributed by atoms with Gasteiger partial charge in [0.25, 0.3) is 5.82 Å². The number of hydrogen-bond acceptors (Lipinski definition) is 5. The van der Waals surface area contributed by atoms with Gasteiger partial charge in [0.05, 0.1) is 58.7 Å². The van der Waals surface area contributed by atoms with E-state index in [1.165, 1.54) is 37.9 Å². The molecule has 5 aromatic rings. The zero-order valence-corrected chi connectivity index (χ0v) is 29.3. The van der Waals surface area contributed by atoms with E-state index in [4.69, 9.17) is 9.47 Å². The monoisotopic (exact) mass is 646 g/mol. The number of rotatable bonds is 12. The van der Waals surface area contributed by atoms with Crippen LogP contribution in [0.4, 0.5) is 11.5 Å². The summed E-state index contributed by atoms with van der Waals surface area (Å²) < 4.78 is 14.6. The lowest BCUT2D eigenvalue weighted by Gasteiger charge is -2.30. The maximum absolute atomic E-state index is 5.77. The molecule has 7 heteroatoms. The Morgan fingerprint density at radius 2 is 1.60 bits per heavy atom. The number of hydrogen-bond donors (Lipinski definition) is 0. The molecule has 0 atom stereocenters. The summed E-state index contributed by atoms with van der Waals surface area (Å²) in [4.78, 5) is 6.11. The van der Waals surface area contributed by atoms with E-state index < -0.39 is 0 Å². The van der Waals surface area contributed by atoms with Gasteiger partial charge in [-0.2, -0.15) is 4.57 Å². The van der Waals surface area contributed by atoms with Crippen molar-refractivity contribution in [3.63, 3.8) is 0 Å². The molecule has 0 saturated carbocycles. The van der Waals surface area contributed by atoms with Crippen molar-refractivity contribution in [1.82, 2.24) is 0 Å². The SMILES string of the molecule is CCN(CCC[N+](C)(C)Cc1cccc(OC)c1)c1cc(/C=C2\Sc3ccccc3N2C)c2ccc(OC)cc2[n+]1-c1ccccc1. The summed E-state index contributed by atoms with van der Waals surface area (Å²) in [6.07, 6.45) is 3.40. The highest BCUT2D eigenvalue weighted by Gasteiger charge is 2.27. The van der Waals surface area contributed by atoms with E-state index in [2.05, 4.69) is 146 Å². The van der Waals surface area contributed by atoms with Crippen LogP contribution in [0, 0.1) is 0 Å². The Morgan fingerprint density at radius 3 is 2.34 bits per heavy atom. The minimum absolute atomic E-state index is 0.845. The number of aromatic nitrogens is 1. The van der Waals surface area contributed by atoms with Crippen molar-refractivity contribution >= 4 is 40.2 Å². The van der Waals surface area contributed by atoms with Crippen LogP contribution in [-0.4, -0.2) is 59.5 Å². The standard InChI is InChI=1S/C40H46N4O2S/c1-7-42(23-14-24-44(3,4)29-30-15-13-18-33(25-30)45-5)39-26-31(27-40-41(2)36-19-11-12-20-38(36)47-40)35-22-21-34(46-6)28-37(35)43(39)32-16-9-8-10-17-32/h8-13,15-22,25-28H,7,14,23-24,29H2,1-6H3/q+2. The Bertz CT molecular complexity index is 1890. The lowest BCUT2D eigenvalue weighted by molar-refractivity contribution is -0.903. The van der Waals surface area contributed by atoms with E-state index in [-0.39, 0.29) is 0 Å². The van der Waals surface area contributed by atoms with Gasteiger partial charge in [-0.15, -0.1) is 0 Å². The van der Waals surface area contributed by atoms with Crippen LogP contribution in [0.3, 0.4) is 0 Å². The van der Waals surface area contributed by atoms with Crippen LogP contribution in [0.15, 0.2) is 113 Å². The van der Waals surface area contributed by atoms with Gasteiger partial charge in [0.15, 0.2) is 0 Å². The molecule has 0 radical (unpaired) electrons. The number of methoxy groups -OCH3 is 2. The Labute approximate surface area is 284 Å². The summed E-state index contributed by atoms with van der Waals surface area (Å²) in [6.45, 7) is 6.10. The summed E-state index contributed by atoms with van der Waals surface area (Å²) in [5.41, 5.74) is 5.99. The van der Waals surface area contributed by atoms with Gasteiger partial charge in [-0.05, 0) is 67.1 Å². The number of nitrogens with zero attached hydrogens (tertiary/aromatic N) is 4. The molecule has 0 amide bonds. The fraction of sp³-hybridized carbons (Fsp3) is 0.275. The number of para-hydroxylation sites is 2. The maximum atomic E-state index is 5.77. The van der Waals surface area contributed by atoms with E-state index >= 15 is 0 Å². The summed E-state index contributed by atoms with van der Waals surface area (Å²) in [5, 5.41) is 2.40. The molecule has 1 aromatic heterocycles. The molecule has 2 heterocycles. The first-order valence-corrected chi connectivity index (χ1v) is 17.2. The maximum Gasteiger partial charge on any atom is 0.282 e. The molecular weight excluding hydrogens is 601 g/mol. The van der Waals surface area contributed by atoms with Gasteiger partial charge < -0.3 is 18.9 Å². The van der Waals surface area contributed by atoms with Crippen molar-refractivity contribution in [1.29, 1.82) is 0 Å². The van der Waals surface area contributed by atoms with Gasteiger partial charge in [0.2, 0.25) is 0 Å². The van der Waals surface area contributed by atoms with Crippen LogP contribution in [0.1, 0.15) is 24.5 Å². The first kappa shape index (κ1) is 32.5. The molecule has 1 aliphatic heterocycles. The predicted octanol–water partition coefficient (Wildman–Crippen LogP) is 8.17. The molecule has 6 nitrogen and oxygen atoms in total. The molecule has 0 saturated heterocycles. The first-order chi connectivity index (χ1) is 22.8. The average Bonchev–Trinajstić information content (AvgIpc) is 3.41. The van der Waals surface area contributed by atoms with E-state index in [1.54, 1.807) is 14.2 Å². The fourth-order valence-corrected chi connectivity index (χ4v) is 7.62. The molecule has 0 spiro atoms. The van der Waals surface area contributed by atoms with Gasteiger partial charge in [0, 0.05) is 41.4 Å². The van der Waals surface area contributed by atoms with Gasteiger partial charge in [-0.3, -0.25) is 4.90 Å². The van der Waals surface area contributed by atoms with Gasteiger partial charge in [-0.1, -0.05) is 54.2 Å². The Morgan fingerprint density at radius 1 is 0.851 bits per heavy atom. The fourth-order valence-electron chi connectivity index (χ4n) is 6.52. The zero-order chi connectivity index (χ0) is 33.0. The smallest absolute Gasteiger partial charge is 0.282 e. The highest BCUT2D eigenvalue weighted by Crippen LogP contribution is 2.46. The number of anilines is 2.